The Morgan fingerprint density at radius 2 is 1.76 bits per heavy atom. The van der Waals surface area contributed by atoms with Crippen molar-refractivity contribution in [3.8, 4) is 6.07 Å². The van der Waals surface area contributed by atoms with E-state index < -0.39 is 27.7 Å². The van der Waals surface area contributed by atoms with Crippen LogP contribution in [0.1, 0.15) is 12.5 Å². The molecule has 0 saturated heterocycles. The number of aliphatic hydroxyl groups is 1. The molecule has 0 saturated carbocycles. The fraction of sp³-hybridized carbons (Fsp3) is 0.176. The first-order valence-electron chi connectivity index (χ1n) is 7.71. The van der Waals surface area contributed by atoms with E-state index >= 15 is 0 Å². The number of anilines is 2. The average Bonchev–Trinajstić information content (AvgIpc) is 2.62. The van der Waals surface area contributed by atoms with Crippen LogP contribution >= 0.6 is 11.6 Å². The number of nitrogens with one attached hydrogen (secondary N) is 2. The number of amides is 1. The summed E-state index contributed by atoms with van der Waals surface area (Å²) >= 11 is 5.88. The number of hydrogen-bond donors (Lipinski definition) is 3. The largest absolute Gasteiger partial charge is 0.426 e. The summed E-state index contributed by atoms with van der Waals surface area (Å²) in [5.41, 5.74) is -3.50. The normalized spacial score (nSPS) is 13.8. The van der Waals surface area contributed by atoms with Gasteiger partial charge in [0.2, 0.25) is 5.60 Å². The van der Waals surface area contributed by atoms with E-state index in [1.807, 2.05) is 11.4 Å². The van der Waals surface area contributed by atoms with E-state index in [0.717, 1.165) is 18.2 Å². The van der Waals surface area contributed by atoms with Gasteiger partial charge < -0.3 is 10.4 Å². The molecule has 2 aromatic carbocycles. The van der Waals surface area contributed by atoms with Gasteiger partial charge in [-0.05, 0) is 49.4 Å². The van der Waals surface area contributed by atoms with Crippen LogP contribution in [0.3, 0.4) is 0 Å². The van der Waals surface area contributed by atoms with Crippen LogP contribution in [0.25, 0.3) is 0 Å². The zero-order valence-corrected chi connectivity index (χ0v) is 16.2. The predicted octanol–water partition coefficient (Wildman–Crippen LogP) is 3.26. The summed E-state index contributed by atoms with van der Waals surface area (Å²) in [6, 6.07) is 10.3. The molecule has 0 heterocycles. The second-order valence-corrected chi connectivity index (χ2v) is 8.05. The standard InChI is InChI=1S/C17H13ClF3N3O4S/c1-16(26,17(19,20)21)15(25)23-14-7-6-12(8-13(14)18)29(27,28)24-11-4-2-10(9-22)3-5-11/h2-8,24,26H,1H3,(H,23,25). The van der Waals surface area contributed by atoms with Gasteiger partial charge in [-0.25, -0.2) is 8.42 Å². The van der Waals surface area contributed by atoms with Crippen LogP contribution in [0.15, 0.2) is 47.4 Å². The van der Waals surface area contributed by atoms with Gasteiger partial charge in [0.05, 0.1) is 27.2 Å². The van der Waals surface area contributed by atoms with Gasteiger partial charge in [0.25, 0.3) is 15.9 Å². The molecule has 0 fully saturated rings. The van der Waals surface area contributed by atoms with Gasteiger partial charge in [0.1, 0.15) is 0 Å². The van der Waals surface area contributed by atoms with Crippen molar-refractivity contribution >= 4 is 38.9 Å². The Kier molecular flexibility index (Phi) is 6.13. The summed E-state index contributed by atoms with van der Waals surface area (Å²) in [6.07, 6.45) is -5.22. The lowest BCUT2D eigenvalue weighted by Crippen LogP contribution is -2.52. The van der Waals surface area contributed by atoms with Crippen LogP contribution in [0, 0.1) is 11.3 Å². The Bertz CT molecular complexity index is 1080. The fourth-order valence-corrected chi connectivity index (χ4v) is 3.34. The molecular weight excluding hydrogens is 435 g/mol. The first-order valence-corrected chi connectivity index (χ1v) is 9.57. The fourth-order valence-electron chi connectivity index (χ4n) is 1.96. The summed E-state index contributed by atoms with van der Waals surface area (Å²) in [4.78, 5) is 11.4. The van der Waals surface area contributed by atoms with Gasteiger partial charge in [-0.3, -0.25) is 9.52 Å². The maximum absolute atomic E-state index is 12.7. The minimum atomic E-state index is -5.22. The van der Waals surface area contributed by atoms with Crippen LogP contribution in [-0.4, -0.2) is 31.2 Å². The molecule has 154 valence electrons. The second kappa shape index (κ2) is 7.90. The Morgan fingerprint density at radius 1 is 1.17 bits per heavy atom. The molecule has 0 spiro atoms. The molecule has 0 bridgehead atoms. The van der Waals surface area contributed by atoms with Crippen molar-refractivity contribution in [2.24, 2.45) is 0 Å². The number of benzene rings is 2. The highest BCUT2D eigenvalue weighted by Crippen LogP contribution is 2.33. The number of carbonyl (C=O) groups is 1. The first kappa shape index (κ1) is 22.5. The maximum atomic E-state index is 12.7. The van der Waals surface area contributed by atoms with E-state index in [-0.39, 0.29) is 28.2 Å². The summed E-state index contributed by atoms with van der Waals surface area (Å²) in [5, 5.41) is 19.5. The van der Waals surface area contributed by atoms with E-state index in [2.05, 4.69) is 4.72 Å². The molecule has 0 radical (unpaired) electrons. The van der Waals surface area contributed by atoms with Crippen LogP contribution < -0.4 is 10.0 Å². The third kappa shape index (κ3) is 4.97. The van der Waals surface area contributed by atoms with Crippen molar-refractivity contribution in [3.05, 3.63) is 53.1 Å². The number of rotatable bonds is 5. The SMILES string of the molecule is CC(O)(C(=O)Nc1ccc(S(=O)(=O)Nc2ccc(C#N)cc2)cc1Cl)C(F)(F)F. The van der Waals surface area contributed by atoms with Crippen LogP contribution in [-0.2, 0) is 14.8 Å². The molecule has 29 heavy (non-hydrogen) atoms. The average molecular weight is 448 g/mol. The maximum Gasteiger partial charge on any atom is 0.426 e. The molecule has 0 aliphatic carbocycles. The molecule has 1 unspecified atom stereocenters. The summed E-state index contributed by atoms with van der Waals surface area (Å²) < 4.78 is 65.2. The molecule has 2 aromatic rings. The molecule has 0 aliphatic rings. The Balaban J connectivity index is 2.23. The Morgan fingerprint density at radius 3 is 2.24 bits per heavy atom. The van der Waals surface area contributed by atoms with Gasteiger partial charge >= 0.3 is 6.18 Å². The number of sulfonamides is 1. The molecule has 12 heteroatoms. The van der Waals surface area contributed by atoms with Crippen molar-refractivity contribution in [1.29, 1.82) is 5.26 Å². The molecule has 3 N–H and O–H groups in total. The zero-order chi connectivity index (χ0) is 22.0. The van der Waals surface area contributed by atoms with E-state index in [1.165, 1.54) is 24.3 Å². The van der Waals surface area contributed by atoms with Gasteiger partial charge in [-0.2, -0.15) is 18.4 Å². The molecule has 1 atom stereocenters. The lowest BCUT2D eigenvalue weighted by atomic mass is 10.1. The lowest BCUT2D eigenvalue weighted by molar-refractivity contribution is -0.242. The number of nitriles is 1. The summed E-state index contributed by atoms with van der Waals surface area (Å²) in [5.74, 6) is -1.78. The van der Waals surface area contributed by atoms with Crippen molar-refractivity contribution < 1.29 is 31.5 Å². The molecule has 7 nitrogen and oxygen atoms in total. The van der Waals surface area contributed by atoms with Crippen LogP contribution in [0.5, 0.6) is 0 Å². The molecule has 0 aromatic heterocycles. The number of nitrogens with zero attached hydrogens (tertiary/aromatic N) is 1. The minimum Gasteiger partial charge on any atom is -0.373 e. The van der Waals surface area contributed by atoms with E-state index in [0.29, 0.717) is 5.56 Å². The van der Waals surface area contributed by atoms with Crippen molar-refractivity contribution in [3.63, 3.8) is 0 Å². The monoisotopic (exact) mass is 447 g/mol. The number of hydrogen-bond acceptors (Lipinski definition) is 5. The lowest BCUT2D eigenvalue weighted by Gasteiger charge is -2.25. The van der Waals surface area contributed by atoms with Crippen molar-refractivity contribution in [2.75, 3.05) is 10.0 Å². The van der Waals surface area contributed by atoms with E-state index in [4.69, 9.17) is 16.9 Å². The smallest absolute Gasteiger partial charge is 0.373 e. The quantitative estimate of drug-likeness (QED) is 0.650. The predicted molar refractivity (Wildman–Crippen MR) is 98.7 cm³/mol. The Labute approximate surface area is 168 Å². The first-order chi connectivity index (χ1) is 13.3. The third-order valence-corrected chi connectivity index (χ3v) is 5.45. The highest BCUT2D eigenvalue weighted by atomic mass is 35.5. The van der Waals surface area contributed by atoms with Gasteiger partial charge in [-0.1, -0.05) is 11.6 Å². The highest BCUT2D eigenvalue weighted by molar-refractivity contribution is 7.92. The van der Waals surface area contributed by atoms with Gasteiger partial charge in [0, 0.05) is 5.69 Å². The molecule has 0 aliphatic heterocycles. The highest BCUT2D eigenvalue weighted by Gasteiger charge is 2.55. The molecule has 1 amide bonds. The number of halogens is 4. The third-order valence-electron chi connectivity index (χ3n) is 3.76. The van der Waals surface area contributed by atoms with Gasteiger partial charge in [-0.15, -0.1) is 0 Å². The Hall–Kier alpha value is -2.81. The van der Waals surface area contributed by atoms with Crippen molar-refractivity contribution in [1.82, 2.24) is 0 Å². The van der Waals surface area contributed by atoms with Gasteiger partial charge in [0.15, 0.2) is 0 Å². The number of carbonyl (C=O) groups excluding carboxylic acids is 1. The zero-order valence-electron chi connectivity index (χ0n) is 14.6. The van der Waals surface area contributed by atoms with Crippen molar-refractivity contribution in [2.45, 2.75) is 23.6 Å². The second-order valence-electron chi connectivity index (χ2n) is 5.96. The van der Waals surface area contributed by atoms with E-state index in [1.54, 1.807) is 0 Å². The summed E-state index contributed by atoms with van der Waals surface area (Å²) in [6.45, 7) is 0.274. The topological polar surface area (TPSA) is 119 Å². The summed E-state index contributed by atoms with van der Waals surface area (Å²) in [7, 11) is -4.11. The van der Waals surface area contributed by atoms with E-state index in [9.17, 15) is 31.5 Å². The van der Waals surface area contributed by atoms with Crippen LogP contribution in [0.4, 0.5) is 24.5 Å². The molecular formula is C17H13ClF3N3O4S. The minimum absolute atomic E-state index is 0.165. The number of alkyl halides is 3. The van der Waals surface area contributed by atoms with Crippen LogP contribution in [0.2, 0.25) is 5.02 Å². The molecule has 2 rings (SSSR count).